The molecule has 2 heterocycles. The standard InChI is InChI=1S/C12H18FN5/c1-2-17-5-3-12(16-17)9-14-7-11-8-15-18(10-11)6-4-13/h3,5,8,10,14H,2,4,6-7,9H2,1H3. The summed E-state index contributed by atoms with van der Waals surface area (Å²) in [7, 11) is 0. The molecule has 1 N–H and O–H groups in total. The molecule has 98 valence electrons. The summed E-state index contributed by atoms with van der Waals surface area (Å²) in [6, 6.07) is 2.00. The van der Waals surface area contributed by atoms with E-state index in [2.05, 4.69) is 22.4 Å². The summed E-state index contributed by atoms with van der Waals surface area (Å²) >= 11 is 0. The molecule has 0 spiro atoms. The molecule has 0 aliphatic carbocycles. The van der Waals surface area contributed by atoms with Gasteiger partial charge in [-0.1, -0.05) is 0 Å². The van der Waals surface area contributed by atoms with Gasteiger partial charge in [0.1, 0.15) is 6.67 Å². The normalized spacial score (nSPS) is 11.0. The minimum absolute atomic E-state index is 0.320. The Labute approximate surface area is 106 Å². The molecule has 5 nitrogen and oxygen atoms in total. The molecule has 0 saturated carbocycles. The van der Waals surface area contributed by atoms with Crippen LogP contribution in [0.15, 0.2) is 24.7 Å². The third-order valence-electron chi connectivity index (χ3n) is 2.66. The lowest BCUT2D eigenvalue weighted by Gasteiger charge is -2.00. The number of nitrogens with one attached hydrogen (secondary N) is 1. The Morgan fingerprint density at radius 3 is 2.94 bits per heavy atom. The molecular weight excluding hydrogens is 233 g/mol. The number of aromatic nitrogens is 4. The van der Waals surface area contributed by atoms with E-state index in [1.807, 2.05) is 23.1 Å². The van der Waals surface area contributed by atoms with Crippen LogP contribution < -0.4 is 5.32 Å². The van der Waals surface area contributed by atoms with Crippen LogP contribution in [0.5, 0.6) is 0 Å². The van der Waals surface area contributed by atoms with Gasteiger partial charge in [-0.25, -0.2) is 4.39 Å². The number of alkyl halides is 1. The number of rotatable bonds is 7. The Hall–Kier alpha value is -1.69. The fourth-order valence-corrected chi connectivity index (χ4v) is 1.72. The maximum atomic E-state index is 12.1. The van der Waals surface area contributed by atoms with E-state index < -0.39 is 0 Å². The molecule has 2 aromatic rings. The lowest BCUT2D eigenvalue weighted by molar-refractivity contribution is 0.427. The first-order valence-corrected chi connectivity index (χ1v) is 6.12. The van der Waals surface area contributed by atoms with Crippen LogP contribution in [-0.2, 0) is 26.2 Å². The van der Waals surface area contributed by atoms with Crippen LogP contribution in [0, 0.1) is 0 Å². The van der Waals surface area contributed by atoms with E-state index in [4.69, 9.17) is 0 Å². The monoisotopic (exact) mass is 251 g/mol. The Morgan fingerprint density at radius 2 is 2.22 bits per heavy atom. The maximum Gasteiger partial charge on any atom is 0.109 e. The van der Waals surface area contributed by atoms with Crippen molar-refractivity contribution in [1.29, 1.82) is 0 Å². The predicted molar refractivity (Wildman–Crippen MR) is 66.6 cm³/mol. The van der Waals surface area contributed by atoms with E-state index >= 15 is 0 Å². The lowest BCUT2D eigenvalue weighted by atomic mass is 10.3. The first-order chi connectivity index (χ1) is 8.81. The van der Waals surface area contributed by atoms with Crippen LogP contribution in [0.1, 0.15) is 18.2 Å². The molecule has 0 saturated heterocycles. The Bertz CT molecular complexity index is 476. The van der Waals surface area contributed by atoms with Crippen LogP contribution >= 0.6 is 0 Å². The highest BCUT2D eigenvalue weighted by atomic mass is 19.1. The van der Waals surface area contributed by atoms with Gasteiger partial charge in [0.25, 0.3) is 0 Å². The highest BCUT2D eigenvalue weighted by Crippen LogP contribution is 1.99. The summed E-state index contributed by atoms with van der Waals surface area (Å²) in [5.74, 6) is 0. The van der Waals surface area contributed by atoms with Gasteiger partial charge in [0.15, 0.2) is 0 Å². The highest BCUT2D eigenvalue weighted by molar-refractivity contribution is 5.04. The summed E-state index contributed by atoms with van der Waals surface area (Å²) in [5.41, 5.74) is 2.08. The highest BCUT2D eigenvalue weighted by Gasteiger charge is 2.00. The van der Waals surface area contributed by atoms with Gasteiger partial charge in [0.05, 0.1) is 18.4 Å². The van der Waals surface area contributed by atoms with Crippen LogP contribution in [-0.4, -0.2) is 26.2 Å². The topological polar surface area (TPSA) is 47.7 Å². The van der Waals surface area contributed by atoms with Crippen molar-refractivity contribution in [3.63, 3.8) is 0 Å². The summed E-state index contributed by atoms with van der Waals surface area (Å²) in [6.45, 7) is 4.32. The number of nitrogens with zero attached hydrogens (tertiary/aromatic N) is 4. The summed E-state index contributed by atoms with van der Waals surface area (Å²) in [4.78, 5) is 0. The minimum atomic E-state index is -0.386. The minimum Gasteiger partial charge on any atom is -0.307 e. The molecule has 0 aliphatic rings. The smallest absolute Gasteiger partial charge is 0.109 e. The average Bonchev–Trinajstić information content (AvgIpc) is 2.99. The van der Waals surface area contributed by atoms with Gasteiger partial charge < -0.3 is 5.32 Å². The van der Waals surface area contributed by atoms with Crippen molar-refractivity contribution in [1.82, 2.24) is 24.9 Å². The zero-order valence-corrected chi connectivity index (χ0v) is 10.5. The van der Waals surface area contributed by atoms with Crippen LogP contribution in [0.4, 0.5) is 4.39 Å². The number of hydrogen-bond donors (Lipinski definition) is 1. The Kier molecular flexibility index (Phi) is 4.46. The largest absolute Gasteiger partial charge is 0.307 e. The second kappa shape index (κ2) is 6.30. The number of hydrogen-bond acceptors (Lipinski definition) is 3. The molecule has 18 heavy (non-hydrogen) atoms. The first-order valence-electron chi connectivity index (χ1n) is 6.12. The Balaban J connectivity index is 1.77. The first kappa shape index (κ1) is 12.8. The van der Waals surface area contributed by atoms with Gasteiger partial charge in [0, 0.05) is 37.6 Å². The zero-order valence-electron chi connectivity index (χ0n) is 10.5. The number of halogens is 1. The average molecular weight is 251 g/mol. The van der Waals surface area contributed by atoms with E-state index in [9.17, 15) is 4.39 Å². The maximum absolute atomic E-state index is 12.1. The van der Waals surface area contributed by atoms with Crippen molar-refractivity contribution in [3.8, 4) is 0 Å². The van der Waals surface area contributed by atoms with Crippen LogP contribution in [0.2, 0.25) is 0 Å². The van der Waals surface area contributed by atoms with E-state index in [1.165, 1.54) is 0 Å². The van der Waals surface area contributed by atoms with Crippen molar-refractivity contribution in [3.05, 3.63) is 35.9 Å². The number of aryl methyl sites for hydroxylation is 2. The van der Waals surface area contributed by atoms with E-state index in [0.717, 1.165) is 24.3 Å². The van der Waals surface area contributed by atoms with Crippen molar-refractivity contribution in [2.24, 2.45) is 0 Å². The quantitative estimate of drug-likeness (QED) is 0.808. The third kappa shape index (κ3) is 3.40. The van der Waals surface area contributed by atoms with Crippen molar-refractivity contribution < 1.29 is 4.39 Å². The van der Waals surface area contributed by atoms with Crippen molar-refractivity contribution in [2.45, 2.75) is 33.1 Å². The van der Waals surface area contributed by atoms with E-state index in [1.54, 1.807) is 10.9 Å². The van der Waals surface area contributed by atoms with E-state index in [-0.39, 0.29) is 6.67 Å². The van der Waals surface area contributed by atoms with Gasteiger partial charge in [0.2, 0.25) is 0 Å². The third-order valence-corrected chi connectivity index (χ3v) is 2.66. The van der Waals surface area contributed by atoms with Crippen molar-refractivity contribution in [2.75, 3.05) is 6.67 Å². The molecule has 0 radical (unpaired) electrons. The molecule has 6 heteroatoms. The molecule has 0 aromatic carbocycles. The molecule has 0 amide bonds. The molecule has 2 rings (SSSR count). The van der Waals surface area contributed by atoms with Crippen LogP contribution in [0.3, 0.4) is 0 Å². The molecule has 0 unspecified atom stereocenters. The van der Waals surface area contributed by atoms with Gasteiger partial charge in [-0.05, 0) is 13.0 Å². The van der Waals surface area contributed by atoms with Gasteiger partial charge in [-0.3, -0.25) is 9.36 Å². The second-order valence-corrected chi connectivity index (χ2v) is 4.07. The molecule has 0 bridgehead atoms. The summed E-state index contributed by atoms with van der Waals surface area (Å²) in [5, 5.41) is 11.7. The van der Waals surface area contributed by atoms with Gasteiger partial charge >= 0.3 is 0 Å². The lowest BCUT2D eigenvalue weighted by Crippen LogP contribution is -2.13. The van der Waals surface area contributed by atoms with Crippen LogP contribution in [0.25, 0.3) is 0 Å². The molecule has 0 atom stereocenters. The van der Waals surface area contributed by atoms with Gasteiger partial charge in [-0.2, -0.15) is 10.2 Å². The molecule has 2 aromatic heterocycles. The predicted octanol–water partition coefficient (Wildman–Crippen LogP) is 1.36. The summed E-state index contributed by atoms with van der Waals surface area (Å²) < 4.78 is 15.6. The summed E-state index contributed by atoms with van der Waals surface area (Å²) in [6.07, 6.45) is 5.58. The van der Waals surface area contributed by atoms with Gasteiger partial charge in [-0.15, -0.1) is 0 Å². The molecule has 0 fully saturated rings. The fraction of sp³-hybridized carbons (Fsp3) is 0.500. The van der Waals surface area contributed by atoms with E-state index in [0.29, 0.717) is 13.1 Å². The Morgan fingerprint density at radius 1 is 1.33 bits per heavy atom. The zero-order chi connectivity index (χ0) is 12.8. The SMILES string of the molecule is CCn1ccc(CNCc2cnn(CCF)c2)n1. The van der Waals surface area contributed by atoms with Crippen molar-refractivity contribution >= 4 is 0 Å². The molecular formula is C12H18FN5. The second-order valence-electron chi connectivity index (χ2n) is 4.07. The fourth-order valence-electron chi connectivity index (χ4n) is 1.72. The molecule has 0 aliphatic heterocycles.